The molecule has 1 fully saturated rings. The molecule has 0 saturated heterocycles. The van der Waals surface area contributed by atoms with E-state index >= 15 is 0 Å². The van der Waals surface area contributed by atoms with Crippen LogP contribution in [0.25, 0.3) is 0 Å². The Morgan fingerprint density at radius 3 is 2.32 bits per heavy atom. The fourth-order valence-corrected chi connectivity index (χ4v) is 3.68. The van der Waals surface area contributed by atoms with Crippen LogP contribution in [0.1, 0.15) is 30.4 Å². The van der Waals surface area contributed by atoms with Gasteiger partial charge in [0, 0.05) is 19.0 Å². The molecule has 0 radical (unpaired) electrons. The maximum atomic E-state index is 12.9. The molecule has 1 amide bonds. The molecule has 2 aliphatic heterocycles. The highest BCUT2D eigenvalue weighted by Gasteiger charge is 2.32. The lowest BCUT2D eigenvalue weighted by molar-refractivity contribution is -0.132. The molecule has 6 nitrogen and oxygen atoms in total. The number of fused-ring (bicyclic) bond motifs is 2. The van der Waals surface area contributed by atoms with E-state index < -0.39 is 0 Å². The minimum Gasteiger partial charge on any atom is -0.486 e. The Hall–Kier alpha value is -2.89. The van der Waals surface area contributed by atoms with Gasteiger partial charge >= 0.3 is 0 Å². The van der Waals surface area contributed by atoms with Crippen molar-refractivity contribution in [1.29, 1.82) is 0 Å². The summed E-state index contributed by atoms with van der Waals surface area (Å²) in [7, 11) is 0. The minimum atomic E-state index is 0.190. The molecular weight excluding hydrogens is 358 g/mol. The molecule has 28 heavy (non-hydrogen) atoms. The number of hydrogen-bond acceptors (Lipinski definition) is 5. The van der Waals surface area contributed by atoms with Crippen LogP contribution >= 0.6 is 0 Å². The standard InChI is InChI=1S/C22H23NO5/c24-22(8-3-15-1-6-19-21(11-15)28-14-27-19)23(17-4-5-17)13-16-2-7-18-20(12-16)26-10-9-25-18/h1-2,6-7,11-12,17H,3-5,8-10,13-14H2. The topological polar surface area (TPSA) is 57.2 Å². The van der Waals surface area contributed by atoms with Crippen molar-refractivity contribution in [3.8, 4) is 23.0 Å². The Kier molecular flexibility index (Phi) is 4.47. The number of amides is 1. The van der Waals surface area contributed by atoms with Crippen LogP contribution in [0, 0.1) is 0 Å². The number of nitrogens with zero attached hydrogens (tertiary/aromatic N) is 1. The van der Waals surface area contributed by atoms with Crippen molar-refractivity contribution in [2.45, 2.75) is 38.3 Å². The number of rotatable bonds is 6. The first-order valence-electron chi connectivity index (χ1n) is 9.83. The maximum absolute atomic E-state index is 12.9. The van der Waals surface area contributed by atoms with E-state index in [2.05, 4.69) is 0 Å². The van der Waals surface area contributed by atoms with Gasteiger partial charge in [-0.1, -0.05) is 12.1 Å². The summed E-state index contributed by atoms with van der Waals surface area (Å²) in [6.45, 7) is 2.03. The molecule has 2 heterocycles. The first kappa shape index (κ1) is 17.2. The third-order valence-corrected chi connectivity index (χ3v) is 5.33. The molecule has 6 heteroatoms. The van der Waals surface area contributed by atoms with Crippen LogP contribution < -0.4 is 18.9 Å². The second-order valence-electron chi connectivity index (χ2n) is 7.42. The summed E-state index contributed by atoms with van der Waals surface area (Å²) in [5.74, 6) is 3.28. The van der Waals surface area contributed by atoms with Crippen molar-refractivity contribution < 1.29 is 23.7 Å². The number of aryl methyl sites for hydroxylation is 1. The second kappa shape index (κ2) is 7.26. The van der Waals surface area contributed by atoms with Gasteiger partial charge in [-0.2, -0.15) is 0 Å². The molecule has 1 aliphatic carbocycles. The zero-order valence-corrected chi connectivity index (χ0v) is 15.7. The molecule has 146 valence electrons. The fourth-order valence-electron chi connectivity index (χ4n) is 3.68. The van der Waals surface area contributed by atoms with Gasteiger partial charge in [0.2, 0.25) is 12.7 Å². The summed E-state index contributed by atoms with van der Waals surface area (Å²) in [4.78, 5) is 15.0. The first-order valence-corrected chi connectivity index (χ1v) is 9.83. The van der Waals surface area contributed by atoms with E-state index in [0.717, 1.165) is 47.0 Å². The Morgan fingerprint density at radius 2 is 1.50 bits per heavy atom. The predicted molar refractivity (Wildman–Crippen MR) is 102 cm³/mol. The molecule has 0 spiro atoms. The van der Waals surface area contributed by atoms with Crippen LogP contribution in [-0.4, -0.2) is 36.9 Å². The number of hydrogen-bond donors (Lipinski definition) is 0. The van der Waals surface area contributed by atoms with Crippen molar-refractivity contribution in [3.63, 3.8) is 0 Å². The van der Waals surface area contributed by atoms with Crippen molar-refractivity contribution in [1.82, 2.24) is 4.90 Å². The number of benzene rings is 2. The van der Waals surface area contributed by atoms with Crippen molar-refractivity contribution in [2.75, 3.05) is 20.0 Å². The summed E-state index contributed by atoms with van der Waals surface area (Å²) >= 11 is 0. The lowest BCUT2D eigenvalue weighted by Crippen LogP contribution is -2.32. The van der Waals surface area contributed by atoms with Gasteiger partial charge in [0.15, 0.2) is 23.0 Å². The maximum Gasteiger partial charge on any atom is 0.231 e. The Balaban J connectivity index is 1.24. The summed E-state index contributed by atoms with van der Waals surface area (Å²) in [5.41, 5.74) is 2.17. The molecule has 0 aromatic heterocycles. The third kappa shape index (κ3) is 3.59. The monoisotopic (exact) mass is 381 g/mol. The van der Waals surface area contributed by atoms with Crippen LogP contribution in [0.3, 0.4) is 0 Å². The summed E-state index contributed by atoms with van der Waals surface area (Å²) in [5, 5.41) is 0. The molecule has 0 N–H and O–H groups in total. The molecule has 0 unspecified atom stereocenters. The molecule has 2 aromatic rings. The van der Waals surface area contributed by atoms with E-state index in [-0.39, 0.29) is 12.7 Å². The lowest BCUT2D eigenvalue weighted by Gasteiger charge is -2.24. The molecular formula is C22H23NO5. The number of carbonyl (C=O) groups is 1. The van der Waals surface area contributed by atoms with E-state index in [1.54, 1.807) is 0 Å². The van der Waals surface area contributed by atoms with Crippen LogP contribution in [0.2, 0.25) is 0 Å². The Morgan fingerprint density at radius 1 is 0.857 bits per heavy atom. The van der Waals surface area contributed by atoms with Gasteiger partial charge in [-0.25, -0.2) is 0 Å². The largest absolute Gasteiger partial charge is 0.486 e. The van der Waals surface area contributed by atoms with Crippen LogP contribution in [0.15, 0.2) is 36.4 Å². The molecule has 3 aliphatic rings. The van der Waals surface area contributed by atoms with Gasteiger partial charge in [-0.15, -0.1) is 0 Å². The van der Waals surface area contributed by atoms with Gasteiger partial charge in [0.1, 0.15) is 13.2 Å². The lowest BCUT2D eigenvalue weighted by atomic mass is 10.1. The molecule has 1 saturated carbocycles. The quantitative estimate of drug-likeness (QED) is 0.768. The van der Waals surface area contributed by atoms with Gasteiger partial charge in [-0.3, -0.25) is 4.79 Å². The van der Waals surface area contributed by atoms with Crippen molar-refractivity contribution >= 4 is 5.91 Å². The van der Waals surface area contributed by atoms with Crippen LogP contribution in [-0.2, 0) is 17.8 Å². The van der Waals surface area contributed by atoms with E-state index in [1.165, 1.54) is 0 Å². The highest BCUT2D eigenvalue weighted by atomic mass is 16.7. The van der Waals surface area contributed by atoms with Crippen molar-refractivity contribution in [2.24, 2.45) is 0 Å². The number of ether oxygens (including phenoxy) is 4. The summed E-state index contributed by atoms with van der Waals surface area (Å²) in [6, 6.07) is 12.2. The average Bonchev–Trinajstić information content (AvgIpc) is 3.46. The highest BCUT2D eigenvalue weighted by Crippen LogP contribution is 2.35. The van der Waals surface area contributed by atoms with E-state index in [4.69, 9.17) is 18.9 Å². The highest BCUT2D eigenvalue weighted by molar-refractivity contribution is 5.77. The van der Waals surface area contributed by atoms with Gasteiger partial charge in [0.05, 0.1) is 0 Å². The summed E-state index contributed by atoms with van der Waals surface area (Å²) < 4.78 is 22.0. The van der Waals surface area contributed by atoms with Gasteiger partial charge in [0.25, 0.3) is 0 Å². The zero-order valence-electron chi connectivity index (χ0n) is 15.7. The normalized spacial score (nSPS) is 16.7. The Labute approximate surface area is 163 Å². The van der Waals surface area contributed by atoms with E-state index in [9.17, 15) is 4.79 Å². The zero-order chi connectivity index (χ0) is 18.9. The molecule has 5 rings (SSSR count). The summed E-state index contributed by atoms with van der Waals surface area (Å²) in [6.07, 6.45) is 3.35. The van der Waals surface area contributed by atoms with E-state index in [0.29, 0.717) is 38.6 Å². The molecule has 0 bridgehead atoms. The van der Waals surface area contributed by atoms with Crippen LogP contribution in [0.5, 0.6) is 23.0 Å². The third-order valence-electron chi connectivity index (χ3n) is 5.33. The smallest absolute Gasteiger partial charge is 0.231 e. The number of carbonyl (C=O) groups excluding carboxylic acids is 1. The van der Waals surface area contributed by atoms with Gasteiger partial charge in [-0.05, 0) is 54.7 Å². The fraction of sp³-hybridized carbons (Fsp3) is 0.409. The first-order chi connectivity index (χ1) is 13.8. The van der Waals surface area contributed by atoms with Crippen molar-refractivity contribution in [3.05, 3.63) is 47.5 Å². The van der Waals surface area contributed by atoms with Gasteiger partial charge < -0.3 is 23.8 Å². The Bertz CT molecular complexity index is 892. The average molecular weight is 381 g/mol. The second-order valence-corrected chi connectivity index (χ2v) is 7.42. The van der Waals surface area contributed by atoms with E-state index in [1.807, 2.05) is 41.3 Å². The predicted octanol–water partition coefficient (Wildman–Crippen LogP) is 3.31. The molecule has 0 atom stereocenters. The molecule has 2 aromatic carbocycles. The SMILES string of the molecule is O=C(CCc1ccc2c(c1)OCO2)N(Cc1ccc2c(c1)OCCO2)C1CC1. The minimum absolute atomic E-state index is 0.190. The van der Waals surface area contributed by atoms with Crippen LogP contribution in [0.4, 0.5) is 0 Å².